The molecule has 1 aliphatic carbocycles. The van der Waals surface area contributed by atoms with Crippen molar-refractivity contribution in [3.05, 3.63) is 46.7 Å². The van der Waals surface area contributed by atoms with Crippen LogP contribution < -0.4 is 0 Å². The first kappa shape index (κ1) is 21.7. The molecule has 0 amide bonds. The van der Waals surface area contributed by atoms with Gasteiger partial charge in [0.2, 0.25) is 0 Å². The largest absolute Gasteiger partial charge is 0.460 e. The molecule has 8 heteroatoms. The molecule has 1 saturated heterocycles. The third kappa shape index (κ3) is 4.31. The fourth-order valence-electron chi connectivity index (χ4n) is 4.77. The number of carbonyl (C=O) groups is 2. The molecule has 0 radical (unpaired) electrons. The Morgan fingerprint density at radius 1 is 1.19 bits per heavy atom. The van der Waals surface area contributed by atoms with E-state index in [4.69, 9.17) is 9.47 Å². The molecule has 3 atom stereocenters. The summed E-state index contributed by atoms with van der Waals surface area (Å²) < 4.78 is 52.4. The average molecular weight is 435 g/mol. The summed E-state index contributed by atoms with van der Waals surface area (Å²) in [6.07, 6.45) is -1.82. The summed E-state index contributed by atoms with van der Waals surface area (Å²) in [6, 6.07) is 5.13. The van der Waals surface area contributed by atoms with E-state index in [-0.39, 0.29) is 36.1 Å². The van der Waals surface area contributed by atoms with Crippen LogP contribution in [-0.2, 0) is 25.2 Å². The van der Waals surface area contributed by atoms with Crippen LogP contribution in [0.5, 0.6) is 0 Å². The van der Waals surface area contributed by atoms with E-state index in [1.54, 1.807) is 6.92 Å². The molecule has 0 aromatic heterocycles. The van der Waals surface area contributed by atoms with Gasteiger partial charge >= 0.3 is 12.1 Å². The quantitative estimate of drug-likeness (QED) is 0.648. The van der Waals surface area contributed by atoms with Crippen molar-refractivity contribution in [2.75, 3.05) is 13.2 Å². The minimum Gasteiger partial charge on any atom is -0.460 e. The maximum atomic E-state index is 13.8. The lowest BCUT2D eigenvalue weighted by Crippen LogP contribution is -2.40. The summed E-state index contributed by atoms with van der Waals surface area (Å²) >= 11 is 0. The van der Waals surface area contributed by atoms with Crippen LogP contribution in [-0.4, -0.2) is 36.8 Å². The first-order chi connectivity index (χ1) is 14.8. The number of ether oxygens (including phenoxy) is 2. The number of hydrogen-bond acceptors (Lipinski definition) is 5. The van der Waals surface area contributed by atoms with Crippen LogP contribution in [0.4, 0.5) is 13.2 Å². The number of aliphatic imine (C=N–C) groups is 1. The lowest BCUT2D eigenvalue weighted by Gasteiger charge is -2.36. The number of benzene rings is 1. The zero-order valence-corrected chi connectivity index (χ0v) is 17.2. The zero-order chi connectivity index (χ0) is 22.2. The summed E-state index contributed by atoms with van der Waals surface area (Å²) in [7, 11) is 0. The van der Waals surface area contributed by atoms with Gasteiger partial charge in [-0.05, 0) is 44.2 Å². The number of alkyl halides is 3. The van der Waals surface area contributed by atoms with Crippen LogP contribution in [0.3, 0.4) is 0 Å². The van der Waals surface area contributed by atoms with Gasteiger partial charge in [0, 0.05) is 30.4 Å². The number of Topliss-reactive ketones (excluding diaryl/α,β-unsaturated/α-hetero) is 1. The number of allylic oxidation sites excluding steroid dienone is 1. The molecule has 31 heavy (non-hydrogen) atoms. The van der Waals surface area contributed by atoms with Gasteiger partial charge in [0.25, 0.3) is 0 Å². The van der Waals surface area contributed by atoms with Crippen LogP contribution in [0.25, 0.3) is 0 Å². The van der Waals surface area contributed by atoms with E-state index in [1.165, 1.54) is 18.2 Å². The van der Waals surface area contributed by atoms with Crippen molar-refractivity contribution in [2.24, 2.45) is 10.9 Å². The highest BCUT2D eigenvalue weighted by Gasteiger charge is 2.47. The maximum absolute atomic E-state index is 13.8. The van der Waals surface area contributed by atoms with E-state index in [9.17, 15) is 22.8 Å². The number of carbonyl (C=O) groups excluding carboxylic acids is 2. The Hall–Kier alpha value is -2.48. The van der Waals surface area contributed by atoms with Gasteiger partial charge in [0.1, 0.15) is 12.4 Å². The highest BCUT2D eigenvalue weighted by molar-refractivity contribution is 6.11. The normalized spacial score (nSPS) is 26.5. The minimum atomic E-state index is -4.62. The van der Waals surface area contributed by atoms with Gasteiger partial charge in [-0.25, -0.2) is 4.79 Å². The number of nitrogens with zero attached hydrogens (tertiary/aromatic N) is 1. The Labute approximate surface area is 178 Å². The lowest BCUT2D eigenvalue weighted by molar-refractivity contribution is -0.143. The fraction of sp³-hybridized carbons (Fsp3) is 0.522. The zero-order valence-electron chi connectivity index (χ0n) is 17.2. The molecule has 2 aliphatic heterocycles. The van der Waals surface area contributed by atoms with E-state index in [0.717, 1.165) is 18.9 Å². The summed E-state index contributed by atoms with van der Waals surface area (Å²) in [5.74, 6) is -2.89. The molecule has 1 saturated carbocycles. The second kappa shape index (κ2) is 8.57. The van der Waals surface area contributed by atoms with E-state index in [1.807, 2.05) is 0 Å². The Kier molecular flexibility index (Phi) is 6.01. The summed E-state index contributed by atoms with van der Waals surface area (Å²) in [4.78, 5) is 30.4. The summed E-state index contributed by atoms with van der Waals surface area (Å²) in [6.45, 7) is 2.21. The summed E-state index contributed by atoms with van der Waals surface area (Å²) in [5.41, 5.74) is -0.0618. The molecule has 2 fully saturated rings. The SMILES string of the molecule is CC1=C(C(=O)OC[C@H]2CCCO2)[C@H](c2ccccc2C(F)(F)F)[C@H]2C(=O)CCCC2=N1. The van der Waals surface area contributed by atoms with Crippen LogP contribution >= 0.6 is 0 Å². The summed E-state index contributed by atoms with van der Waals surface area (Å²) in [5, 5.41) is 0. The molecular weight excluding hydrogens is 411 g/mol. The van der Waals surface area contributed by atoms with Crippen molar-refractivity contribution in [3.63, 3.8) is 0 Å². The van der Waals surface area contributed by atoms with Crippen LogP contribution in [0.15, 0.2) is 40.5 Å². The number of ketones is 1. The van der Waals surface area contributed by atoms with Crippen molar-refractivity contribution in [1.29, 1.82) is 0 Å². The van der Waals surface area contributed by atoms with Crippen molar-refractivity contribution < 1.29 is 32.2 Å². The van der Waals surface area contributed by atoms with Gasteiger partial charge in [0.05, 0.1) is 23.2 Å². The van der Waals surface area contributed by atoms with E-state index in [0.29, 0.717) is 30.9 Å². The molecule has 0 N–H and O–H groups in total. The first-order valence-electron chi connectivity index (χ1n) is 10.5. The van der Waals surface area contributed by atoms with Crippen molar-refractivity contribution in [1.82, 2.24) is 0 Å². The first-order valence-corrected chi connectivity index (χ1v) is 10.5. The topological polar surface area (TPSA) is 65.0 Å². The molecule has 2 heterocycles. The monoisotopic (exact) mass is 435 g/mol. The minimum absolute atomic E-state index is 0.0262. The lowest BCUT2D eigenvalue weighted by atomic mass is 9.68. The third-order valence-corrected chi connectivity index (χ3v) is 6.15. The van der Waals surface area contributed by atoms with Crippen LogP contribution in [0.1, 0.15) is 56.1 Å². The molecule has 0 spiro atoms. The predicted octanol–water partition coefficient (Wildman–Crippen LogP) is 4.61. The molecule has 5 nitrogen and oxygen atoms in total. The van der Waals surface area contributed by atoms with E-state index in [2.05, 4.69) is 4.99 Å². The molecule has 1 aromatic carbocycles. The van der Waals surface area contributed by atoms with Crippen molar-refractivity contribution in [3.8, 4) is 0 Å². The van der Waals surface area contributed by atoms with Crippen molar-refractivity contribution in [2.45, 2.75) is 57.2 Å². The van der Waals surface area contributed by atoms with Crippen LogP contribution in [0.2, 0.25) is 0 Å². The molecule has 0 bridgehead atoms. The average Bonchev–Trinajstić information content (AvgIpc) is 3.24. The van der Waals surface area contributed by atoms with Crippen molar-refractivity contribution >= 4 is 17.5 Å². The standard InChI is InChI=1S/C23H24F3NO4/c1-13-19(22(29)31-12-14-6-5-11-30-14)20(21-17(27-13)9-4-10-18(21)28)15-7-2-3-8-16(15)23(24,25)26/h2-3,7-8,14,20-21H,4-6,9-12H2,1H3/t14-,20+,21-/m1/s1. The Bertz CT molecular complexity index is 944. The van der Waals surface area contributed by atoms with E-state index >= 15 is 0 Å². The molecule has 3 aliphatic rings. The number of fused-ring (bicyclic) bond motifs is 1. The third-order valence-electron chi connectivity index (χ3n) is 6.15. The highest BCUT2D eigenvalue weighted by Crippen LogP contribution is 2.46. The molecule has 4 rings (SSSR count). The second-order valence-corrected chi connectivity index (χ2v) is 8.20. The Morgan fingerprint density at radius 3 is 2.68 bits per heavy atom. The van der Waals surface area contributed by atoms with Gasteiger partial charge in [-0.2, -0.15) is 13.2 Å². The number of esters is 1. The highest BCUT2D eigenvalue weighted by atomic mass is 19.4. The number of hydrogen-bond donors (Lipinski definition) is 0. The smallest absolute Gasteiger partial charge is 0.416 e. The molecule has 0 unspecified atom stereocenters. The molecule has 166 valence electrons. The predicted molar refractivity (Wildman–Crippen MR) is 107 cm³/mol. The van der Waals surface area contributed by atoms with Crippen LogP contribution in [0, 0.1) is 5.92 Å². The van der Waals surface area contributed by atoms with E-state index < -0.39 is 29.5 Å². The van der Waals surface area contributed by atoms with Gasteiger partial charge in [-0.3, -0.25) is 9.79 Å². The van der Waals surface area contributed by atoms with Gasteiger partial charge in [-0.1, -0.05) is 18.2 Å². The molecule has 1 aromatic rings. The number of rotatable bonds is 4. The second-order valence-electron chi connectivity index (χ2n) is 8.20. The number of halogens is 3. The van der Waals surface area contributed by atoms with Gasteiger partial charge in [0.15, 0.2) is 0 Å². The Balaban J connectivity index is 1.77. The Morgan fingerprint density at radius 2 is 1.97 bits per heavy atom. The molecular formula is C23H24F3NO4. The maximum Gasteiger partial charge on any atom is 0.416 e. The fourth-order valence-corrected chi connectivity index (χ4v) is 4.77. The van der Waals surface area contributed by atoms with Gasteiger partial charge in [-0.15, -0.1) is 0 Å². The van der Waals surface area contributed by atoms with Gasteiger partial charge < -0.3 is 9.47 Å².